The van der Waals surface area contributed by atoms with Crippen LogP contribution in [0.4, 0.5) is 0 Å². The molecule has 0 radical (unpaired) electrons. The van der Waals surface area contributed by atoms with Gasteiger partial charge in [-0.3, -0.25) is 0 Å². The van der Waals surface area contributed by atoms with Gasteiger partial charge in [0.25, 0.3) is 0 Å². The molecule has 0 aliphatic carbocycles. The number of benzene rings is 1. The molecule has 17 heavy (non-hydrogen) atoms. The fourth-order valence-electron chi connectivity index (χ4n) is 2.00. The van der Waals surface area contributed by atoms with Gasteiger partial charge in [0.1, 0.15) is 4.88 Å². The van der Waals surface area contributed by atoms with Gasteiger partial charge in [-0.05, 0) is 24.1 Å². The van der Waals surface area contributed by atoms with Crippen LogP contribution in [-0.4, -0.2) is 16.8 Å². The molecule has 1 N–H and O–H groups in total. The van der Waals surface area contributed by atoms with Gasteiger partial charge in [0.05, 0.1) is 0 Å². The van der Waals surface area contributed by atoms with Crippen molar-refractivity contribution in [1.82, 2.24) is 0 Å². The fraction of sp³-hybridized carbons (Fsp3) is 0.154. The number of rotatable bonds is 1. The first-order valence-corrected chi connectivity index (χ1v) is 7.14. The van der Waals surface area contributed by atoms with Crippen LogP contribution in [0.15, 0.2) is 35.2 Å². The molecule has 3 rings (SSSR count). The lowest BCUT2D eigenvalue weighted by atomic mass is 10.1. The Hall–Kier alpha value is -1.26. The average Bonchev–Trinajstić information content (AvgIpc) is 2.67. The Labute approximate surface area is 107 Å². The lowest BCUT2D eigenvalue weighted by Gasteiger charge is -2.03. The number of thiophene rings is 1. The smallest absolute Gasteiger partial charge is 0.345 e. The molecule has 1 aliphatic heterocycles. The summed E-state index contributed by atoms with van der Waals surface area (Å²) in [7, 11) is 0. The largest absolute Gasteiger partial charge is 0.477 e. The van der Waals surface area contributed by atoms with Crippen molar-refractivity contribution in [3.05, 3.63) is 40.8 Å². The van der Waals surface area contributed by atoms with Gasteiger partial charge >= 0.3 is 5.97 Å². The third kappa shape index (κ3) is 1.87. The van der Waals surface area contributed by atoms with Gasteiger partial charge in [0.15, 0.2) is 0 Å². The number of hydrogen-bond acceptors (Lipinski definition) is 3. The van der Waals surface area contributed by atoms with Crippen LogP contribution >= 0.6 is 23.1 Å². The van der Waals surface area contributed by atoms with Gasteiger partial charge < -0.3 is 5.11 Å². The lowest BCUT2D eigenvalue weighted by Crippen LogP contribution is -1.91. The van der Waals surface area contributed by atoms with Gasteiger partial charge in [-0.1, -0.05) is 18.2 Å². The highest BCUT2D eigenvalue weighted by molar-refractivity contribution is 7.99. The van der Waals surface area contributed by atoms with E-state index in [1.807, 2.05) is 30.0 Å². The minimum Gasteiger partial charge on any atom is -0.477 e. The molecule has 1 aliphatic rings. The maximum atomic E-state index is 11.0. The topological polar surface area (TPSA) is 37.3 Å². The zero-order valence-corrected chi connectivity index (χ0v) is 10.6. The van der Waals surface area contributed by atoms with Crippen LogP contribution < -0.4 is 0 Å². The molecule has 4 heteroatoms. The van der Waals surface area contributed by atoms with Crippen molar-refractivity contribution in [2.75, 3.05) is 5.75 Å². The van der Waals surface area contributed by atoms with Crippen LogP contribution in [0.2, 0.25) is 0 Å². The summed E-state index contributed by atoms with van der Waals surface area (Å²) in [5.41, 5.74) is 2.35. The van der Waals surface area contributed by atoms with E-state index in [-0.39, 0.29) is 0 Å². The quantitative estimate of drug-likeness (QED) is 0.850. The molecule has 0 amide bonds. The predicted octanol–water partition coefficient (Wildman–Crippen LogP) is 3.76. The zero-order valence-electron chi connectivity index (χ0n) is 8.97. The lowest BCUT2D eigenvalue weighted by molar-refractivity contribution is 0.0702. The van der Waals surface area contributed by atoms with Gasteiger partial charge in [-0.15, -0.1) is 23.1 Å². The van der Waals surface area contributed by atoms with Crippen molar-refractivity contribution in [3.8, 4) is 10.4 Å². The zero-order chi connectivity index (χ0) is 11.8. The fourth-order valence-corrected chi connectivity index (χ4v) is 4.19. The molecule has 0 bridgehead atoms. The summed E-state index contributed by atoms with van der Waals surface area (Å²) < 4.78 is 0. The molecule has 1 aromatic heterocycles. The predicted molar refractivity (Wildman–Crippen MR) is 71.1 cm³/mol. The molecule has 2 heterocycles. The van der Waals surface area contributed by atoms with Crippen LogP contribution in [0.5, 0.6) is 0 Å². The average molecular weight is 262 g/mol. The highest BCUT2D eigenvalue weighted by Crippen LogP contribution is 2.41. The van der Waals surface area contributed by atoms with E-state index >= 15 is 0 Å². The molecule has 86 valence electrons. The van der Waals surface area contributed by atoms with Crippen molar-refractivity contribution in [1.29, 1.82) is 0 Å². The van der Waals surface area contributed by atoms with Gasteiger partial charge in [-0.25, -0.2) is 4.79 Å². The minimum atomic E-state index is -0.826. The molecule has 1 aromatic carbocycles. The Balaban J connectivity index is 2.21. The van der Waals surface area contributed by atoms with Crippen LogP contribution in [0.25, 0.3) is 10.4 Å². The number of carboxylic acid groups (broad SMARTS) is 1. The Bertz CT molecular complexity index is 587. The summed E-state index contributed by atoms with van der Waals surface area (Å²) in [5, 5.41) is 9.06. The highest BCUT2D eigenvalue weighted by atomic mass is 32.2. The minimum absolute atomic E-state index is 0.441. The maximum Gasteiger partial charge on any atom is 0.345 e. The molecule has 0 saturated heterocycles. The van der Waals surface area contributed by atoms with E-state index in [9.17, 15) is 4.79 Å². The summed E-state index contributed by atoms with van der Waals surface area (Å²) in [6, 6.07) is 10.0. The molecule has 2 nitrogen and oxygen atoms in total. The Morgan fingerprint density at radius 2 is 2.12 bits per heavy atom. The van der Waals surface area contributed by atoms with Crippen LogP contribution in [0, 0.1) is 0 Å². The molecular formula is C13H10O2S2. The molecule has 0 fully saturated rings. The monoisotopic (exact) mass is 262 g/mol. The normalized spacial score (nSPS) is 13.6. The second-order valence-electron chi connectivity index (χ2n) is 3.86. The summed E-state index contributed by atoms with van der Waals surface area (Å²) in [6.07, 6.45) is 0.943. The SMILES string of the molecule is O=C(O)c1cc2c(s1)-c1ccccc1SCC2. The molecule has 0 atom stereocenters. The van der Waals surface area contributed by atoms with E-state index < -0.39 is 5.97 Å². The number of aromatic carboxylic acids is 1. The van der Waals surface area contributed by atoms with Crippen LogP contribution in [0.3, 0.4) is 0 Å². The molecule has 0 saturated carbocycles. The van der Waals surface area contributed by atoms with Gasteiger partial charge in [0.2, 0.25) is 0 Å². The van der Waals surface area contributed by atoms with Crippen LogP contribution in [-0.2, 0) is 6.42 Å². The summed E-state index contributed by atoms with van der Waals surface area (Å²) in [4.78, 5) is 13.8. The number of fused-ring (bicyclic) bond motifs is 3. The number of thioether (sulfide) groups is 1. The van der Waals surface area contributed by atoms with E-state index in [0.29, 0.717) is 4.88 Å². The Kier molecular flexibility index (Phi) is 2.68. The van der Waals surface area contributed by atoms with Crippen molar-refractivity contribution in [3.63, 3.8) is 0 Å². The molecular weight excluding hydrogens is 252 g/mol. The van der Waals surface area contributed by atoms with Crippen molar-refractivity contribution < 1.29 is 9.90 Å². The highest BCUT2D eigenvalue weighted by Gasteiger charge is 2.19. The molecule has 2 aromatic rings. The standard InChI is InChI=1S/C13H10O2S2/c14-13(15)11-7-8-5-6-16-10-4-2-1-3-9(10)12(8)17-11/h1-4,7H,5-6H2,(H,14,15). The van der Waals surface area contributed by atoms with E-state index in [4.69, 9.17) is 5.11 Å². The first-order valence-electron chi connectivity index (χ1n) is 5.34. The maximum absolute atomic E-state index is 11.0. The van der Waals surface area contributed by atoms with Gasteiger partial charge in [-0.2, -0.15) is 0 Å². The number of carboxylic acids is 1. The number of carbonyl (C=O) groups is 1. The number of aryl methyl sites for hydroxylation is 1. The summed E-state index contributed by atoms with van der Waals surface area (Å²) >= 11 is 3.23. The number of hydrogen-bond donors (Lipinski definition) is 1. The second-order valence-corrected chi connectivity index (χ2v) is 6.05. The van der Waals surface area contributed by atoms with Crippen LogP contribution in [0.1, 0.15) is 15.2 Å². The molecule has 0 spiro atoms. The molecule has 0 unspecified atom stereocenters. The first kappa shape index (κ1) is 10.9. The van der Waals surface area contributed by atoms with E-state index in [1.54, 1.807) is 0 Å². The van der Waals surface area contributed by atoms with Crippen molar-refractivity contribution in [2.45, 2.75) is 11.3 Å². The van der Waals surface area contributed by atoms with Crippen molar-refractivity contribution in [2.24, 2.45) is 0 Å². The van der Waals surface area contributed by atoms with Crippen molar-refractivity contribution >= 4 is 29.1 Å². The third-order valence-electron chi connectivity index (χ3n) is 2.78. The Morgan fingerprint density at radius 3 is 2.94 bits per heavy atom. The second kappa shape index (κ2) is 4.20. The summed E-state index contributed by atoms with van der Waals surface area (Å²) in [6.45, 7) is 0. The first-order chi connectivity index (χ1) is 8.25. The van der Waals surface area contributed by atoms with E-state index in [0.717, 1.165) is 17.1 Å². The third-order valence-corrected chi connectivity index (χ3v) is 5.05. The van der Waals surface area contributed by atoms with E-state index in [1.165, 1.54) is 27.4 Å². The van der Waals surface area contributed by atoms with E-state index in [2.05, 4.69) is 12.1 Å². The van der Waals surface area contributed by atoms with Gasteiger partial charge in [0, 0.05) is 21.1 Å². The summed E-state index contributed by atoms with van der Waals surface area (Å²) in [5.74, 6) is 0.188. The Morgan fingerprint density at radius 1 is 1.29 bits per heavy atom.